The Labute approximate surface area is 117 Å². The van der Waals surface area contributed by atoms with Crippen LogP contribution in [0.15, 0.2) is 49.3 Å². The first-order valence-corrected chi connectivity index (χ1v) is 6.35. The lowest BCUT2D eigenvalue weighted by molar-refractivity contribution is 0.797. The SMILES string of the molecule is Cc1cnccc1Cn1cncc1-c1ccnc(N)c1. The van der Waals surface area contributed by atoms with E-state index < -0.39 is 0 Å². The molecule has 0 aliphatic heterocycles. The van der Waals surface area contributed by atoms with E-state index in [4.69, 9.17) is 5.73 Å². The van der Waals surface area contributed by atoms with Crippen LogP contribution >= 0.6 is 0 Å². The van der Waals surface area contributed by atoms with Crippen LogP contribution < -0.4 is 5.73 Å². The molecule has 5 nitrogen and oxygen atoms in total. The fourth-order valence-electron chi connectivity index (χ4n) is 2.16. The van der Waals surface area contributed by atoms with E-state index in [0.717, 1.165) is 17.8 Å². The molecule has 5 heteroatoms. The van der Waals surface area contributed by atoms with Crippen LogP contribution in [0.3, 0.4) is 0 Å². The minimum atomic E-state index is 0.510. The van der Waals surface area contributed by atoms with Crippen molar-refractivity contribution >= 4 is 5.82 Å². The van der Waals surface area contributed by atoms with Crippen LogP contribution in [0.4, 0.5) is 5.82 Å². The van der Waals surface area contributed by atoms with Crippen LogP contribution in [0.1, 0.15) is 11.1 Å². The summed E-state index contributed by atoms with van der Waals surface area (Å²) >= 11 is 0. The van der Waals surface area contributed by atoms with Crippen molar-refractivity contribution in [3.63, 3.8) is 0 Å². The van der Waals surface area contributed by atoms with Gasteiger partial charge in [0, 0.05) is 30.7 Å². The molecule has 0 aliphatic carbocycles. The van der Waals surface area contributed by atoms with Crippen molar-refractivity contribution < 1.29 is 0 Å². The minimum Gasteiger partial charge on any atom is -0.384 e. The van der Waals surface area contributed by atoms with Crippen molar-refractivity contribution in [3.8, 4) is 11.3 Å². The lowest BCUT2D eigenvalue weighted by atomic mass is 10.1. The van der Waals surface area contributed by atoms with E-state index in [0.29, 0.717) is 5.82 Å². The molecule has 3 heterocycles. The highest BCUT2D eigenvalue weighted by molar-refractivity contribution is 5.61. The molecular formula is C15H15N5. The van der Waals surface area contributed by atoms with E-state index in [1.165, 1.54) is 11.1 Å². The van der Waals surface area contributed by atoms with Crippen LogP contribution in [0, 0.1) is 6.92 Å². The number of nitrogens with two attached hydrogens (primary N) is 1. The number of nitrogens with zero attached hydrogens (tertiary/aromatic N) is 4. The fourth-order valence-corrected chi connectivity index (χ4v) is 2.16. The van der Waals surface area contributed by atoms with Gasteiger partial charge in [-0.15, -0.1) is 0 Å². The van der Waals surface area contributed by atoms with Crippen LogP contribution in [0.5, 0.6) is 0 Å². The maximum absolute atomic E-state index is 5.74. The van der Waals surface area contributed by atoms with Crippen molar-refractivity contribution in [3.05, 3.63) is 60.4 Å². The van der Waals surface area contributed by atoms with Gasteiger partial charge in [0.25, 0.3) is 0 Å². The molecular weight excluding hydrogens is 250 g/mol. The second kappa shape index (κ2) is 5.13. The summed E-state index contributed by atoms with van der Waals surface area (Å²) < 4.78 is 2.09. The zero-order chi connectivity index (χ0) is 13.9. The summed E-state index contributed by atoms with van der Waals surface area (Å²) in [6.07, 6.45) is 9.05. The van der Waals surface area contributed by atoms with E-state index in [1.54, 1.807) is 6.20 Å². The molecule has 0 atom stereocenters. The number of aromatic nitrogens is 4. The third kappa shape index (κ3) is 2.38. The Bertz CT molecular complexity index is 732. The summed E-state index contributed by atoms with van der Waals surface area (Å²) in [5.41, 5.74) is 10.2. The molecule has 0 radical (unpaired) electrons. The van der Waals surface area contributed by atoms with Crippen molar-refractivity contribution in [1.82, 2.24) is 19.5 Å². The van der Waals surface area contributed by atoms with Gasteiger partial charge in [0.2, 0.25) is 0 Å². The summed E-state index contributed by atoms with van der Waals surface area (Å²) in [4.78, 5) is 12.4. The third-order valence-corrected chi connectivity index (χ3v) is 3.27. The predicted octanol–water partition coefficient (Wildman–Crippen LogP) is 2.28. The Balaban J connectivity index is 1.97. The number of rotatable bonds is 3. The maximum Gasteiger partial charge on any atom is 0.123 e. The van der Waals surface area contributed by atoms with Gasteiger partial charge >= 0.3 is 0 Å². The Hall–Kier alpha value is -2.69. The smallest absolute Gasteiger partial charge is 0.123 e. The average Bonchev–Trinajstić information content (AvgIpc) is 2.90. The average molecular weight is 265 g/mol. The molecule has 100 valence electrons. The summed E-state index contributed by atoms with van der Waals surface area (Å²) in [6, 6.07) is 5.82. The Morgan fingerprint density at radius 3 is 2.85 bits per heavy atom. The van der Waals surface area contributed by atoms with Crippen LogP contribution in [-0.2, 0) is 6.54 Å². The summed E-state index contributed by atoms with van der Waals surface area (Å²) in [5.74, 6) is 0.510. The van der Waals surface area contributed by atoms with Crippen molar-refractivity contribution in [2.75, 3.05) is 5.73 Å². The second-order valence-corrected chi connectivity index (χ2v) is 4.68. The van der Waals surface area contributed by atoms with Crippen molar-refractivity contribution in [2.24, 2.45) is 0 Å². The molecule has 0 fully saturated rings. The second-order valence-electron chi connectivity index (χ2n) is 4.68. The lowest BCUT2D eigenvalue weighted by Gasteiger charge is -2.10. The monoisotopic (exact) mass is 265 g/mol. The molecule has 0 spiro atoms. The van der Waals surface area contributed by atoms with E-state index in [2.05, 4.69) is 26.4 Å². The Kier molecular flexibility index (Phi) is 3.16. The summed E-state index contributed by atoms with van der Waals surface area (Å²) in [6.45, 7) is 2.81. The Morgan fingerprint density at radius 2 is 2.05 bits per heavy atom. The third-order valence-electron chi connectivity index (χ3n) is 3.27. The number of anilines is 1. The van der Waals surface area contributed by atoms with Crippen molar-refractivity contribution in [1.29, 1.82) is 0 Å². The first kappa shape index (κ1) is 12.3. The molecule has 0 bridgehead atoms. The molecule has 0 saturated heterocycles. The first-order chi connectivity index (χ1) is 9.74. The molecule has 0 saturated carbocycles. The molecule has 0 amide bonds. The number of nitrogen functional groups attached to an aromatic ring is 1. The number of aryl methyl sites for hydroxylation is 1. The molecule has 0 aromatic carbocycles. The zero-order valence-corrected chi connectivity index (χ0v) is 11.2. The maximum atomic E-state index is 5.74. The zero-order valence-electron chi connectivity index (χ0n) is 11.2. The van der Waals surface area contributed by atoms with Gasteiger partial charge in [-0.3, -0.25) is 4.98 Å². The predicted molar refractivity (Wildman–Crippen MR) is 77.9 cm³/mol. The normalized spacial score (nSPS) is 10.7. The number of hydrogen-bond acceptors (Lipinski definition) is 4. The van der Waals surface area contributed by atoms with Gasteiger partial charge in [-0.25, -0.2) is 9.97 Å². The fraction of sp³-hybridized carbons (Fsp3) is 0.133. The summed E-state index contributed by atoms with van der Waals surface area (Å²) in [5, 5.41) is 0. The van der Waals surface area contributed by atoms with Gasteiger partial charge in [-0.05, 0) is 36.2 Å². The van der Waals surface area contributed by atoms with Gasteiger partial charge in [0.1, 0.15) is 5.82 Å². The first-order valence-electron chi connectivity index (χ1n) is 6.35. The molecule has 20 heavy (non-hydrogen) atoms. The van der Waals surface area contributed by atoms with E-state index in [9.17, 15) is 0 Å². The van der Waals surface area contributed by atoms with E-state index >= 15 is 0 Å². The molecule has 2 N–H and O–H groups in total. The van der Waals surface area contributed by atoms with Gasteiger partial charge in [0.15, 0.2) is 0 Å². The van der Waals surface area contributed by atoms with Crippen molar-refractivity contribution in [2.45, 2.75) is 13.5 Å². The van der Waals surface area contributed by atoms with Crippen LogP contribution in [0.25, 0.3) is 11.3 Å². The highest BCUT2D eigenvalue weighted by atomic mass is 15.0. The van der Waals surface area contributed by atoms with Crippen LogP contribution in [-0.4, -0.2) is 19.5 Å². The molecule has 0 aliphatic rings. The van der Waals surface area contributed by atoms with Gasteiger partial charge in [-0.1, -0.05) is 0 Å². The highest BCUT2D eigenvalue weighted by Gasteiger charge is 2.07. The number of hydrogen-bond donors (Lipinski definition) is 1. The number of pyridine rings is 2. The van der Waals surface area contributed by atoms with E-state index in [1.807, 2.05) is 43.1 Å². The van der Waals surface area contributed by atoms with Gasteiger partial charge < -0.3 is 10.3 Å². The standard InChI is InChI=1S/C15H15N5/c1-11-7-17-4-2-13(11)9-20-10-18-8-14(20)12-3-5-19-15(16)6-12/h2-8,10H,9H2,1H3,(H2,16,19). The van der Waals surface area contributed by atoms with Gasteiger partial charge in [-0.2, -0.15) is 0 Å². The lowest BCUT2D eigenvalue weighted by Crippen LogP contribution is -2.02. The summed E-state index contributed by atoms with van der Waals surface area (Å²) in [7, 11) is 0. The quantitative estimate of drug-likeness (QED) is 0.788. The van der Waals surface area contributed by atoms with E-state index in [-0.39, 0.29) is 0 Å². The molecule has 3 rings (SSSR count). The Morgan fingerprint density at radius 1 is 1.15 bits per heavy atom. The highest BCUT2D eigenvalue weighted by Crippen LogP contribution is 2.21. The molecule has 3 aromatic heterocycles. The minimum absolute atomic E-state index is 0.510. The molecule has 0 unspecified atom stereocenters. The number of imidazole rings is 1. The van der Waals surface area contributed by atoms with Gasteiger partial charge in [0.05, 0.1) is 18.2 Å². The molecule has 3 aromatic rings. The van der Waals surface area contributed by atoms with Crippen LogP contribution in [0.2, 0.25) is 0 Å². The topological polar surface area (TPSA) is 69.6 Å². The largest absolute Gasteiger partial charge is 0.384 e.